The standard InChI is InChI=1S/C67H69O12PS2/c68-80(81,76-49-59-61(71-43-52-29-13-3-14-30-52)63(73-45-54-33-17-5-18-34-54)65(75-47-56-37-21-7-22-38-56)67(78-59)82-57-39-23-8-24-40-57)79-66-64(74-46-55-35-19-6-20-36-55)62(72-44-53-31-15-4-16-32-53)60(70-42-51-27-11-2-12-28-51)58(77-66)48-69-41-50-25-9-1-10-26-50/h1-40,58-67H,41-49H2,(H,68,81)/p-1/t58-,59-,60-,61-,62+,63+,64+,65-,66-,67+,80?/m1/s1. The summed E-state index contributed by atoms with van der Waals surface area (Å²) in [5.41, 5.74) is 5.91. The summed E-state index contributed by atoms with van der Waals surface area (Å²) in [5.74, 6) is 0. The van der Waals surface area contributed by atoms with Crippen molar-refractivity contribution in [1.82, 2.24) is 0 Å². The summed E-state index contributed by atoms with van der Waals surface area (Å²) < 4.78 is 74.8. The first kappa shape index (κ1) is 59.6. The van der Waals surface area contributed by atoms with Gasteiger partial charge in [0.1, 0.15) is 68.0 Å². The minimum Gasteiger partial charge on any atom is -0.648 e. The molecule has 82 heavy (non-hydrogen) atoms. The molecule has 2 saturated heterocycles. The van der Waals surface area contributed by atoms with Crippen LogP contribution >= 0.6 is 18.9 Å². The Labute approximate surface area is 491 Å². The second-order valence-corrected chi connectivity index (χ2v) is 23.8. The first-order valence-electron chi connectivity index (χ1n) is 27.6. The van der Waals surface area contributed by atoms with Gasteiger partial charge in [0.2, 0.25) is 6.29 Å². The van der Waals surface area contributed by atoms with E-state index in [9.17, 15) is 0 Å². The molecule has 0 spiro atoms. The Morgan fingerprint density at radius 2 is 0.659 bits per heavy atom. The maximum atomic E-state index is 15.3. The zero-order valence-corrected chi connectivity index (χ0v) is 47.9. The van der Waals surface area contributed by atoms with E-state index in [1.54, 1.807) is 0 Å². The summed E-state index contributed by atoms with van der Waals surface area (Å²) in [6, 6.07) is 79.1. The van der Waals surface area contributed by atoms with Crippen LogP contribution in [0.3, 0.4) is 0 Å². The SMILES string of the molecule is [O-][P+]([S-])(OC[C@H]1O[C@@H](Sc2ccccc2)[C@H](OCc2ccccc2)[C@@H](OCc2ccccc2)[C@@H]1OCc1ccccc1)O[C@H]1O[C@H](COCc2ccccc2)[C@@H](OCc2ccccc2)[C@H](OCc2ccccc2)[C@@H]1OCc1ccccc1. The summed E-state index contributed by atoms with van der Waals surface area (Å²) in [6.45, 7) is 1.24. The van der Waals surface area contributed by atoms with Crippen molar-refractivity contribution in [3.63, 3.8) is 0 Å². The second kappa shape index (κ2) is 31.3. The van der Waals surface area contributed by atoms with E-state index >= 15 is 4.89 Å². The van der Waals surface area contributed by atoms with Gasteiger partial charge >= 0.3 is 0 Å². The summed E-state index contributed by atoms with van der Waals surface area (Å²) in [5, 5.41) is 0. The molecule has 2 heterocycles. The minimum absolute atomic E-state index is 0.0437. The average molecular weight is 1160 g/mol. The van der Waals surface area contributed by atoms with Gasteiger partial charge in [-0.05, 0) is 51.1 Å². The van der Waals surface area contributed by atoms with E-state index < -0.39 is 67.7 Å². The van der Waals surface area contributed by atoms with Gasteiger partial charge in [0.05, 0.1) is 52.9 Å². The first-order chi connectivity index (χ1) is 40.4. The molecule has 0 N–H and O–H groups in total. The number of hydrogen-bond acceptors (Lipinski definition) is 14. The molecule has 0 aromatic heterocycles. The molecule has 1 unspecified atom stereocenters. The van der Waals surface area contributed by atoms with Crippen molar-refractivity contribution in [3.8, 4) is 0 Å². The molecule has 0 saturated carbocycles. The second-order valence-electron chi connectivity index (χ2n) is 19.9. The lowest BCUT2D eigenvalue weighted by molar-refractivity contribution is -0.324. The van der Waals surface area contributed by atoms with Crippen LogP contribution in [0, 0.1) is 0 Å². The fraction of sp³-hybridized carbons (Fsp3) is 0.284. The molecular formula is C67H68O12PS2-. The molecule has 12 nitrogen and oxygen atoms in total. The quantitative estimate of drug-likeness (QED) is 0.0326. The predicted octanol–water partition coefficient (Wildman–Crippen LogP) is 12.6. The van der Waals surface area contributed by atoms with Crippen molar-refractivity contribution in [2.75, 3.05) is 13.2 Å². The molecule has 426 valence electrons. The number of hydrogen-bond donors (Lipinski definition) is 0. The highest BCUT2D eigenvalue weighted by Crippen LogP contribution is 2.54. The molecule has 8 aromatic carbocycles. The van der Waals surface area contributed by atoms with Crippen LogP contribution in [0.1, 0.15) is 38.9 Å². The number of thioether (sulfide) groups is 1. The summed E-state index contributed by atoms with van der Waals surface area (Å²) in [4.78, 5) is 16.2. The molecule has 0 aliphatic carbocycles. The summed E-state index contributed by atoms with van der Waals surface area (Å²) in [6.07, 6.45) is -8.16. The van der Waals surface area contributed by atoms with Crippen LogP contribution in [-0.4, -0.2) is 73.8 Å². The molecular weight excluding hydrogens is 1090 g/mol. The Morgan fingerprint density at radius 1 is 0.354 bits per heavy atom. The van der Waals surface area contributed by atoms with Gasteiger partial charge in [-0.25, -0.2) is 9.05 Å². The van der Waals surface area contributed by atoms with Crippen molar-refractivity contribution >= 4 is 31.2 Å². The van der Waals surface area contributed by atoms with Gasteiger partial charge in [-0.2, -0.15) is 0 Å². The number of ether oxygens (including phenoxy) is 9. The maximum absolute atomic E-state index is 15.3. The van der Waals surface area contributed by atoms with Gasteiger partial charge < -0.3 is 59.8 Å². The lowest BCUT2D eigenvalue weighted by atomic mass is 9.98. The van der Waals surface area contributed by atoms with Crippen LogP contribution in [0.15, 0.2) is 248 Å². The largest absolute Gasteiger partial charge is 0.648 e. The topological polar surface area (TPSA) is 125 Å². The van der Waals surface area contributed by atoms with E-state index in [0.29, 0.717) is 0 Å². The molecule has 11 atom stereocenters. The lowest BCUT2D eigenvalue weighted by Gasteiger charge is -2.48. The zero-order valence-electron chi connectivity index (χ0n) is 45.4. The molecule has 0 amide bonds. The van der Waals surface area contributed by atoms with Gasteiger partial charge in [-0.1, -0.05) is 242 Å². The highest BCUT2D eigenvalue weighted by molar-refractivity contribution is 8.34. The summed E-state index contributed by atoms with van der Waals surface area (Å²) in [7, 11) is -4.56. The van der Waals surface area contributed by atoms with E-state index in [0.717, 1.165) is 43.8 Å². The lowest BCUT2D eigenvalue weighted by Crippen LogP contribution is -2.62. The molecule has 15 heteroatoms. The van der Waals surface area contributed by atoms with E-state index in [2.05, 4.69) is 0 Å². The van der Waals surface area contributed by atoms with Crippen molar-refractivity contribution in [1.29, 1.82) is 0 Å². The first-order valence-corrected chi connectivity index (χ1v) is 31.0. The van der Waals surface area contributed by atoms with Crippen LogP contribution in [0.2, 0.25) is 0 Å². The van der Waals surface area contributed by atoms with Gasteiger partial charge in [0, 0.05) is 4.90 Å². The molecule has 8 aromatic rings. The molecule has 2 fully saturated rings. The molecule has 2 aliphatic heterocycles. The van der Waals surface area contributed by atoms with Crippen molar-refractivity contribution in [2.45, 2.75) is 112 Å². The fourth-order valence-corrected chi connectivity index (χ4v) is 12.2. The van der Waals surface area contributed by atoms with Crippen molar-refractivity contribution in [3.05, 3.63) is 282 Å². The van der Waals surface area contributed by atoms with Gasteiger partial charge in [0.15, 0.2) is 0 Å². The maximum Gasteiger partial charge on any atom is 0.229 e. The van der Waals surface area contributed by atoms with Gasteiger partial charge in [-0.15, -0.1) is 0 Å². The van der Waals surface area contributed by atoms with Crippen molar-refractivity contribution < 1.29 is 56.6 Å². The van der Waals surface area contributed by atoms with Crippen LogP contribution in [-0.2, 0) is 110 Å². The number of rotatable bonds is 29. The minimum atomic E-state index is -4.56. The molecule has 10 rings (SSSR count). The van der Waals surface area contributed by atoms with Crippen molar-refractivity contribution in [2.24, 2.45) is 0 Å². The fourth-order valence-electron chi connectivity index (χ4n) is 9.76. The van der Waals surface area contributed by atoms with Crippen LogP contribution in [0.4, 0.5) is 0 Å². The Bertz CT molecular complexity index is 3020. The Balaban J connectivity index is 0.970. The van der Waals surface area contributed by atoms with Gasteiger partial charge in [-0.3, -0.25) is 0 Å². The summed E-state index contributed by atoms with van der Waals surface area (Å²) >= 11 is 7.42. The van der Waals surface area contributed by atoms with E-state index in [4.69, 9.17) is 63.9 Å². The molecule has 0 radical (unpaired) electrons. The third kappa shape index (κ3) is 18.0. The highest BCUT2D eigenvalue weighted by atomic mass is 32.7. The van der Waals surface area contributed by atoms with E-state index in [1.807, 2.05) is 243 Å². The zero-order chi connectivity index (χ0) is 56.0. The van der Waals surface area contributed by atoms with E-state index in [1.165, 1.54) is 11.8 Å². The van der Waals surface area contributed by atoms with E-state index in [-0.39, 0.29) is 59.5 Å². The highest BCUT2D eigenvalue weighted by Gasteiger charge is 2.53. The third-order valence-electron chi connectivity index (χ3n) is 13.9. The monoisotopic (exact) mass is 1160 g/mol. The van der Waals surface area contributed by atoms with Crippen LogP contribution < -0.4 is 4.89 Å². The molecule has 2 aliphatic rings. The van der Waals surface area contributed by atoms with Crippen LogP contribution in [0.25, 0.3) is 0 Å². The Kier molecular flexibility index (Phi) is 22.8. The third-order valence-corrected chi connectivity index (χ3v) is 16.6. The predicted molar refractivity (Wildman–Crippen MR) is 317 cm³/mol. The average Bonchev–Trinajstić information content (AvgIpc) is 3.59. The van der Waals surface area contributed by atoms with Gasteiger partial charge in [0.25, 0.3) is 0 Å². The smallest absolute Gasteiger partial charge is 0.229 e. The Morgan fingerprint density at radius 3 is 1.05 bits per heavy atom. The Hall–Kier alpha value is -5.59. The normalized spacial score (nSPS) is 23.4. The molecule has 0 bridgehead atoms. The van der Waals surface area contributed by atoms with Crippen LogP contribution in [0.5, 0.6) is 0 Å². The number of benzene rings is 8.